The second-order valence-corrected chi connectivity index (χ2v) is 9.09. The van der Waals surface area contributed by atoms with Gasteiger partial charge in [0.15, 0.2) is 0 Å². The molecule has 0 aromatic heterocycles. The Balaban J connectivity index is 1.41. The van der Waals surface area contributed by atoms with E-state index < -0.39 is 0 Å². The molecule has 0 aromatic carbocycles. The lowest BCUT2D eigenvalue weighted by molar-refractivity contribution is 0.123. The molecule has 2 N–H and O–H groups in total. The summed E-state index contributed by atoms with van der Waals surface area (Å²) in [7, 11) is 0. The van der Waals surface area contributed by atoms with Gasteiger partial charge in [-0.1, -0.05) is 27.7 Å². The molecule has 2 bridgehead atoms. The first kappa shape index (κ1) is 17.1. The van der Waals surface area contributed by atoms with Gasteiger partial charge in [-0.05, 0) is 67.9 Å². The minimum Gasteiger partial charge on any atom is -0.337 e. The summed E-state index contributed by atoms with van der Waals surface area (Å²) in [5, 5.41) is 6.36. The quantitative estimate of drug-likeness (QED) is 0.835. The van der Waals surface area contributed by atoms with E-state index in [1.54, 1.807) is 0 Å². The maximum Gasteiger partial charge on any atom is 0.315 e. The molecule has 132 valence electrons. The lowest BCUT2D eigenvalue weighted by Crippen LogP contribution is -2.51. The van der Waals surface area contributed by atoms with Crippen LogP contribution < -0.4 is 10.6 Å². The molecule has 2 amide bonds. The molecule has 1 heterocycles. The summed E-state index contributed by atoms with van der Waals surface area (Å²) < 4.78 is 0. The molecule has 2 aliphatic carbocycles. The Morgan fingerprint density at radius 1 is 1.17 bits per heavy atom. The molecule has 1 aliphatic heterocycles. The zero-order valence-corrected chi connectivity index (χ0v) is 15.5. The van der Waals surface area contributed by atoms with Crippen LogP contribution in [0.3, 0.4) is 0 Å². The Morgan fingerprint density at radius 2 is 1.87 bits per heavy atom. The van der Waals surface area contributed by atoms with Gasteiger partial charge in [0.05, 0.1) is 0 Å². The molecule has 2 saturated carbocycles. The smallest absolute Gasteiger partial charge is 0.315 e. The van der Waals surface area contributed by atoms with Gasteiger partial charge in [-0.3, -0.25) is 0 Å². The molecule has 1 saturated heterocycles. The van der Waals surface area contributed by atoms with Gasteiger partial charge in [0.2, 0.25) is 0 Å². The standard InChI is InChI=1S/C19H35N3O/c1-14-6-10-22(11-7-14)12-9-20-17(23)21-16-13-15-5-8-19(16,4)18(15,2)3/h14-16H,5-13H2,1-4H3,(H2,20,21,23). The van der Waals surface area contributed by atoms with Crippen molar-refractivity contribution in [1.82, 2.24) is 15.5 Å². The Kier molecular flexibility index (Phi) is 4.65. The topological polar surface area (TPSA) is 44.4 Å². The van der Waals surface area contributed by atoms with Gasteiger partial charge in [0.1, 0.15) is 0 Å². The van der Waals surface area contributed by atoms with Gasteiger partial charge < -0.3 is 15.5 Å². The fraction of sp³-hybridized carbons (Fsp3) is 0.947. The van der Waals surface area contributed by atoms with Crippen LogP contribution in [-0.4, -0.2) is 43.2 Å². The summed E-state index contributed by atoms with van der Waals surface area (Å²) in [6, 6.07) is 0.372. The van der Waals surface area contributed by atoms with Crippen molar-refractivity contribution in [2.45, 2.75) is 65.8 Å². The summed E-state index contributed by atoms with van der Waals surface area (Å²) in [4.78, 5) is 14.8. The number of hydrogen-bond acceptors (Lipinski definition) is 2. The number of carbonyl (C=O) groups is 1. The van der Waals surface area contributed by atoms with Gasteiger partial charge in [-0.15, -0.1) is 0 Å². The van der Waals surface area contributed by atoms with Crippen LogP contribution in [0.1, 0.15) is 59.8 Å². The lowest BCUT2D eigenvalue weighted by atomic mass is 9.69. The first-order chi connectivity index (χ1) is 10.8. The van der Waals surface area contributed by atoms with Crippen LogP contribution in [0.25, 0.3) is 0 Å². The number of carbonyl (C=O) groups excluding carboxylic acids is 1. The van der Waals surface area contributed by atoms with Gasteiger partial charge in [0.25, 0.3) is 0 Å². The number of likely N-dealkylation sites (tertiary alicyclic amines) is 1. The number of nitrogens with zero attached hydrogens (tertiary/aromatic N) is 1. The van der Waals surface area contributed by atoms with Crippen molar-refractivity contribution in [2.75, 3.05) is 26.2 Å². The van der Waals surface area contributed by atoms with Crippen molar-refractivity contribution in [1.29, 1.82) is 0 Å². The number of urea groups is 1. The van der Waals surface area contributed by atoms with Crippen molar-refractivity contribution in [3.8, 4) is 0 Å². The largest absolute Gasteiger partial charge is 0.337 e. The van der Waals surface area contributed by atoms with Gasteiger partial charge in [0, 0.05) is 19.1 Å². The average Bonchev–Trinajstić information content (AvgIpc) is 2.82. The number of nitrogens with one attached hydrogen (secondary N) is 2. The molecular formula is C19H35N3O. The molecular weight excluding hydrogens is 286 g/mol. The predicted octanol–water partition coefficient (Wildman–Crippen LogP) is 3.23. The van der Waals surface area contributed by atoms with Gasteiger partial charge in [-0.25, -0.2) is 4.79 Å². The zero-order valence-electron chi connectivity index (χ0n) is 15.5. The van der Waals surface area contributed by atoms with Crippen LogP contribution in [-0.2, 0) is 0 Å². The van der Waals surface area contributed by atoms with E-state index in [0.717, 1.165) is 31.3 Å². The van der Waals surface area contributed by atoms with E-state index in [1.807, 2.05) is 0 Å². The fourth-order valence-corrected chi connectivity index (χ4v) is 5.24. The molecule has 4 heteroatoms. The lowest BCUT2D eigenvalue weighted by Gasteiger charge is -2.39. The van der Waals surface area contributed by atoms with Crippen LogP contribution >= 0.6 is 0 Å². The Bertz CT molecular complexity index is 442. The third-order valence-electron chi connectivity index (χ3n) is 7.69. The highest BCUT2D eigenvalue weighted by atomic mass is 16.2. The SMILES string of the molecule is CC1CCN(CCNC(=O)NC2CC3CCC2(C)C3(C)C)CC1. The van der Waals surface area contributed by atoms with Crippen LogP contribution in [0.4, 0.5) is 4.79 Å². The van der Waals surface area contributed by atoms with E-state index in [2.05, 4.69) is 43.2 Å². The van der Waals surface area contributed by atoms with E-state index in [-0.39, 0.29) is 11.4 Å². The highest BCUT2D eigenvalue weighted by Gasteiger charge is 2.61. The molecule has 3 fully saturated rings. The molecule has 23 heavy (non-hydrogen) atoms. The second kappa shape index (κ2) is 6.27. The molecule has 4 nitrogen and oxygen atoms in total. The third-order valence-corrected chi connectivity index (χ3v) is 7.69. The van der Waals surface area contributed by atoms with Crippen molar-refractivity contribution in [2.24, 2.45) is 22.7 Å². The van der Waals surface area contributed by atoms with Crippen molar-refractivity contribution >= 4 is 6.03 Å². The van der Waals surface area contributed by atoms with Gasteiger partial charge >= 0.3 is 6.03 Å². The fourth-order valence-electron chi connectivity index (χ4n) is 5.24. The van der Waals surface area contributed by atoms with E-state index >= 15 is 0 Å². The average molecular weight is 322 g/mol. The highest BCUT2D eigenvalue weighted by Crippen LogP contribution is 2.65. The maximum absolute atomic E-state index is 12.3. The Labute approximate surface area is 141 Å². The van der Waals surface area contributed by atoms with Crippen molar-refractivity contribution in [3.05, 3.63) is 0 Å². The summed E-state index contributed by atoms with van der Waals surface area (Å²) in [5.41, 5.74) is 0.619. The van der Waals surface area contributed by atoms with Crippen LogP contribution in [0.15, 0.2) is 0 Å². The van der Waals surface area contributed by atoms with Crippen LogP contribution in [0.2, 0.25) is 0 Å². The second-order valence-electron chi connectivity index (χ2n) is 9.09. The molecule has 0 spiro atoms. The summed E-state index contributed by atoms with van der Waals surface area (Å²) >= 11 is 0. The summed E-state index contributed by atoms with van der Waals surface area (Å²) in [6.45, 7) is 13.6. The Hall–Kier alpha value is -0.770. The zero-order chi connectivity index (χ0) is 16.7. The predicted molar refractivity (Wildman–Crippen MR) is 94.4 cm³/mol. The first-order valence-electron chi connectivity index (χ1n) is 9.59. The minimum absolute atomic E-state index is 0.0324. The molecule has 3 rings (SSSR count). The molecule has 0 radical (unpaired) electrons. The number of piperidine rings is 1. The summed E-state index contributed by atoms with van der Waals surface area (Å²) in [5.74, 6) is 1.64. The molecule has 3 unspecified atom stereocenters. The van der Waals surface area contributed by atoms with Crippen LogP contribution in [0, 0.1) is 22.7 Å². The van der Waals surface area contributed by atoms with Crippen molar-refractivity contribution < 1.29 is 4.79 Å². The summed E-state index contributed by atoms with van der Waals surface area (Å²) in [6.07, 6.45) is 6.32. The van der Waals surface area contributed by atoms with Crippen LogP contribution in [0.5, 0.6) is 0 Å². The third kappa shape index (κ3) is 3.11. The minimum atomic E-state index is 0.0324. The van der Waals surface area contributed by atoms with E-state index in [1.165, 1.54) is 38.8 Å². The number of rotatable bonds is 4. The van der Waals surface area contributed by atoms with E-state index in [4.69, 9.17) is 0 Å². The highest BCUT2D eigenvalue weighted by molar-refractivity contribution is 5.74. The maximum atomic E-state index is 12.3. The van der Waals surface area contributed by atoms with Crippen molar-refractivity contribution in [3.63, 3.8) is 0 Å². The number of fused-ring (bicyclic) bond motifs is 2. The van der Waals surface area contributed by atoms with E-state index in [0.29, 0.717) is 11.5 Å². The normalized spacial score (nSPS) is 37.0. The molecule has 3 aliphatic rings. The number of hydrogen-bond donors (Lipinski definition) is 2. The van der Waals surface area contributed by atoms with E-state index in [9.17, 15) is 4.79 Å². The number of amides is 2. The monoisotopic (exact) mass is 321 g/mol. The molecule has 3 atom stereocenters. The van der Waals surface area contributed by atoms with Gasteiger partial charge in [-0.2, -0.15) is 0 Å². The Morgan fingerprint density at radius 3 is 2.43 bits per heavy atom. The first-order valence-corrected chi connectivity index (χ1v) is 9.59. The molecule has 0 aromatic rings.